The van der Waals surface area contributed by atoms with Gasteiger partial charge in [0.05, 0.1) is 33.9 Å². The third kappa shape index (κ3) is 9.82. The number of amides is 3. The van der Waals surface area contributed by atoms with E-state index in [9.17, 15) is 29.4 Å². The van der Waals surface area contributed by atoms with Gasteiger partial charge in [0.2, 0.25) is 11.8 Å². The number of aromatic nitrogens is 4. The van der Waals surface area contributed by atoms with Crippen LogP contribution >= 0.6 is 11.3 Å². The molecule has 70 heavy (non-hydrogen) atoms. The zero-order valence-electron chi connectivity index (χ0n) is 39.2. The second kappa shape index (κ2) is 20.0. The fourth-order valence-corrected chi connectivity index (χ4v) is 11.2. The molecule has 0 bridgehead atoms. The molecule has 17 heteroatoms. The number of carbonyl (C=O) groups is 4. The molecule has 2 saturated heterocycles. The highest BCUT2D eigenvalue weighted by molar-refractivity contribution is 7.22. The number of nitrogens with one attached hydrogen (secondary N) is 4. The lowest BCUT2D eigenvalue weighted by molar-refractivity contribution is -0.128. The van der Waals surface area contributed by atoms with Crippen molar-refractivity contribution in [2.75, 3.05) is 53.6 Å². The van der Waals surface area contributed by atoms with Crippen LogP contribution in [0.3, 0.4) is 0 Å². The molecule has 6 heterocycles. The number of benzene rings is 4. The van der Waals surface area contributed by atoms with E-state index in [1.807, 2.05) is 110 Å². The standard InChI is InChI=1S/C53H56N10O6S/c1-31-35(36-17-19-45(57-49(36)52(68)69)63-27-23-33-9-5-11-37(40(33)29-63)50(66)59-53-56-42-12-3-4-14-44(42)70-53)10-6-13-41(31)54-24-7-8-32-21-25-62(26-22-32)30-47(65)55-34-15-16-38-43(28-34)61(2)60-48(38)39-18-20-46(64)58-51(39)67/h3-6,9-17,19,28,32,39,46,54,64H,7-8,18,20-27,29-30H2,1-2H3,(H,55,65)(H,58,67)(H,68,69)(H,56,59,66). The smallest absolute Gasteiger partial charge is 0.355 e. The molecule has 2 unspecified atom stereocenters. The second-order valence-electron chi connectivity index (χ2n) is 18.6. The number of pyridine rings is 1. The topological polar surface area (TPSA) is 207 Å². The maximum atomic E-state index is 13.6. The van der Waals surface area contributed by atoms with E-state index in [1.54, 1.807) is 4.68 Å². The molecule has 4 aromatic carbocycles. The average Bonchev–Trinajstić information content (AvgIpc) is 3.92. The van der Waals surface area contributed by atoms with Crippen LogP contribution in [0.25, 0.3) is 32.2 Å². The number of hydrogen-bond donors (Lipinski definition) is 6. The Balaban J connectivity index is 0.709. The van der Waals surface area contributed by atoms with Gasteiger partial charge in [0.25, 0.3) is 5.91 Å². The quantitative estimate of drug-likeness (QED) is 0.0575. The van der Waals surface area contributed by atoms with Gasteiger partial charge in [-0.15, -0.1) is 0 Å². The molecular formula is C53H56N10O6S. The van der Waals surface area contributed by atoms with Gasteiger partial charge in [0.15, 0.2) is 10.8 Å². The molecular weight excluding hydrogens is 905 g/mol. The van der Waals surface area contributed by atoms with Crippen molar-refractivity contribution < 1.29 is 29.4 Å². The van der Waals surface area contributed by atoms with Crippen LogP contribution in [0.4, 0.5) is 22.3 Å². The lowest BCUT2D eigenvalue weighted by atomic mass is 9.92. The first-order valence-corrected chi connectivity index (χ1v) is 24.9. The number of nitrogens with zero attached hydrogens (tertiary/aromatic N) is 6. The Morgan fingerprint density at radius 2 is 1.71 bits per heavy atom. The average molecular weight is 961 g/mol. The molecule has 2 atom stereocenters. The fraction of sp³-hybridized carbons (Fsp3) is 0.340. The number of aromatic carboxylic acids is 1. The molecule has 360 valence electrons. The number of piperidine rings is 2. The number of aliphatic hydroxyl groups excluding tert-OH is 1. The number of aliphatic hydroxyl groups is 1. The number of anilines is 4. The highest BCUT2D eigenvalue weighted by Gasteiger charge is 2.32. The Kier molecular flexibility index (Phi) is 13.3. The van der Waals surface area contributed by atoms with Gasteiger partial charge >= 0.3 is 5.97 Å². The fourth-order valence-electron chi connectivity index (χ4n) is 10.3. The molecule has 0 radical (unpaired) electrons. The van der Waals surface area contributed by atoms with E-state index in [4.69, 9.17) is 4.98 Å². The number of para-hydroxylation sites is 1. The lowest BCUT2D eigenvalue weighted by Gasteiger charge is -2.31. The minimum absolute atomic E-state index is 0.0234. The second-order valence-corrected chi connectivity index (χ2v) is 19.7. The number of carboxylic acids is 1. The van der Waals surface area contributed by atoms with E-state index < -0.39 is 18.1 Å². The first-order chi connectivity index (χ1) is 33.9. The van der Waals surface area contributed by atoms with Crippen LogP contribution in [0.15, 0.2) is 91.0 Å². The molecule has 16 nitrogen and oxygen atoms in total. The van der Waals surface area contributed by atoms with Gasteiger partial charge in [-0.25, -0.2) is 14.8 Å². The minimum Gasteiger partial charge on any atom is -0.476 e. The Labute approximate surface area is 409 Å². The van der Waals surface area contributed by atoms with Crippen LogP contribution in [0.1, 0.15) is 87.7 Å². The number of fused-ring (bicyclic) bond motifs is 3. The SMILES string of the molecule is Cc1c(NCCCC2CCN(CC(=O)Nc3ccc4c(C5CCC(O)NC5=O)nn(C)c4c3)CC2)cccc1-c1ccc(N2CCc3cccc(C(=O)Nc4nc5ccccc5s4)c3C2)nc1C(=O)O. The van der Waals surface area contributed by atoms with E-state index in [0.717, 1.165) is 94.4 Å². The number of hydrogen-bond acceptors (Lipinski definition) is 12. The molecule has 0 saturated carbocycles. The van der Waals surface area contributed by atoms with Crippen molar-refractivity contribution in [1.82, 2.24) is 30.0 Å². The minimum atomic E-state index is -1.11. The third-order valence-electron chi connectivity index (χ3n) is 14.1. The zero-order valence-corrected chi connectivity index (χ0v) is 40.0. The van der Waals surface area contributed by atoms with Crippen LogP contribution in [-0.4, -0.2) is 97.5 Å². The highest BCUT2D eigenvalue weighted by atomic mass is 32.1. The predicted molar refractivity (Wildman–Crippen MR) is 272 cm³/mol. The van der Waals surface area contributed by atoms with Gasteiger partial charge < -0.3 is 31.1 Å². The van der Waals surface area contributed by atoms with Crippen molar-refractivity contribution in [3.63, 3.8) is 0 Å². The van der Waals surface area contributed by atoms with Crippen LogP contribution < -0.4 is 26.2 Å². The number of rotatable bonds is 14. The predicted octanol–water partition coefficient (Wildman–Crippen LogP) is 7.92. The summed E-state index contributed by atoms with van der Waals surface area (Å²) in [5.41, 5.74) is 8.76. The summed E-state index contributed by atoms with van der Waals surface area (Å²) >= 11 is 1.43. The van der Waals surface area contributed by atoms with Gasteiger partial charge in [-0.05, 0) is 148 Å². The van der Waals surface area contributed by atoms with Crippen molar-refractivity contribution in [2.24, 2.45) is 13.0 Å². The first-order valence-electron chi connectivity index (χ1n) is 24.0. The highest BCUT2D eigenvalue weighted by Crippen LogP contribution is 2.36. The molecule has 3 aliphatic heterocycles. The number of aryl methyl sites for hydroxylation is 1. The van der Waals surface area contributed by atoms with E-state index in [0.29, 0.717) is 78.3 Å². The van der Waals surface area contributed by atoms with Gasteiger partial charge in [-0.2, -0.15) is 5.10 Å². The molecule has 10 rings (SSSR count). The summed E-state index contributed by atoms with van der Waals surface area (Å²) in [4.78, 5) is 65.8. The molecule has 2 fully saturated rings. The zero-order chi connectivity index (χ0) is 48.5. The summed E-state index contributed by atoms with van der Waals surface area (Å²) in [5.74, 6) is -0.967. The Morgan fingerprint density at radius 3 is 2.53 bits per heavy atom. The van der Waals surface area contributed by atoms with Crippen LogP contribution in [0.2, 0.25) is 0 Å². The van der Waals surface area contributed by atoms with E-state index >= 15 is 0 Å². The summed E-state index contributed by atoms with van der Waals surface area (Å²) < 4.78 is 2.73. The number of thiazole rings is 1. The van der Waals surface area contributed by atoms with Crippen LogP contribution in [-0.2, 0) is 29.6 Å². The number of likely N-dealkylation sites (tertiary alicyclic amines) is 1. The Hall–Kier alpha value is -7.21. The van der Waals surface area contributed by atoms with E-state index in [2.05, 4.69) is 36.2 Å². The molecule has 0 spiro atoms. The Bertz CT molecular complexity index is 3110. The van der Waals surface area contributed by atoms with Gasteiger partial charge in [0.1, 0.15) is 12.0 Å². The van der Waals surface area contributed by atoms with Gasteiger partial charge in [-0.3, -0.25) is 29.3 Å². The first kappa shape index (κ1) is 46.5. The largest absolute Gasteiger partial charge is 0.476 e. The van der Waals surface area contributed by atoms with Crippen LogP contribution in [0, 0.1) is 12.8 Å². The monoisotopic (exact) mass is 960 g/mol. The third-order valence-corrected chi connectivity index (χ3v) is 15.0. The summed E-state index contributed by atoms with van der Waals surface area (Å²) in [6, 6.07) is 28.8. The summed E-state index contributed by atoms with van der Waals surface area (Å²) in [5, 5.41) is 38.6. The number of carbonyl (C=O) groups excluding carboxylic acids is 3. The normalized spacial score (nSPS) is 17.6. The maximum Gasteiger partial charge on any atom is 0.355 e. The van der Waals surface area contributed by atoms with Crippen molar-refractivity contribution in [3.05, 3.63) is 125 Å². The molecule has 3 amide bonds. The molecule has 6 N–H and O–H groups in total. The van der Waals surface area contributed by atoms with E-state index in [1.165, 1.54) is 11.3 Å². The lowest BCUT2D eigenvalue weighted by Crippen LogP contribution is -2.42. The van der Waals surface area contributed by atoms with Gasteiger partial charge in [-0.1, -0.05) is 47.7 Å². The Morgan fingerprint density at radius 1 is 0.886 bits per heavy atom. The molecule has 3 aromatic heterocycles. The van der Waals surface area contributed by atoms with Crippen molar-refractivity contribution >= 4 is 78.5 Å². The van der Waals surface area contributed by atoms with Crippen molar-refractivity contribution in [2.45, 2.75) is 70.6 Å². The van der Waals surface area contributed by atoms with Crippen LogP contribution in [0.5, 0.6) is 0 Å². The van der Waals surface area contributed by atoms with Gasteiger partial charge in [0, 0.05) is 54.6 Å². The molecule has 3 aliphatic rings. The van der Waals surface area contributed by atoms with Crippen molar-refractivity contribution in [3.8, 4) is 11.1 Å². The molecule has 7 aromatic rings. The van der Waals surface area contributed by atoms with Crippen molar-refractivity contribution in [1.29, 1.82) is 0 Å². The van der Waals surface area contributed by atoms with E-state index in [-0.39, 0.29) is 23.4 Å². The summed E-state index contributed by atoms with van der Waals surface area (Å²) in [6.45, 7) is 5.82. The number of carboxylic acid groups (broad SMARTS) is 1. The maximum absolute atomic E-state index is 13.6. The summed E-state index contributed by atoms with van der Waals surface area (Å²) in [7, 11) is 1.83. The summed E-state index contributed by atoms with van der Waals surface area (Å²) in [6.07, 6.45) is 4.92. The molecule has 0 aliphatic carbocycles.